The van der Waals surface area contributed by atoms with Gasteiger partial charge in [0.25, 0.3) is 0 Å². The number of nitrogens with zero attached hydrogens (tertiary/aromatic N) is 3. The van der Waals surface area contributed by atoms with E-state index in [-0.39, 0.29) is 12.4 Å². The Morgan fingerprint density at radius 2 is 2.09 bits per heavy atom. The minimum Gasteiger partial charge on any atom is -0.504 e. The fourth-order valence-corrected chi connectivity index (χ4v) is 2.00. The number of carbonyl (C=O) groups excluding carboxylic acids is 1. The molecule has 0 unspecified atom stereocenters. The molecular formula is C15H13N3O4. The number of phenolic OH excluding ortho intramolecular Hbond substituents is 1. The maximum atomic E-state index is 11.7. The van der Waals surface area contributed by atoms with Crippen molar-refractivity contribution in [2.75, 3.05) is 7.11 Å². The first kappa shape index (κ1) is 13.9. The molecule has 0 fully saturated rings. The molecule has 7 nitrogen and oxygen atoms in total. The summed E-state index contributed by atoms with van der Waals surface area (Å²) in [6, 6.07) is 9.92. The summed E-state index contributed by atoms with van der Waals surface area (Å²) in [6.07, 6.45) is 1.68. The van der Waals surface area contributed by atoms with Crippen LogP contribution in [-0.2, 0) is 11.3 Å². The first-order valence-corrected chi connectivity index (χ1v) is 6.52. The molecule has 0 atom stereocenters. The number of aromatic hydroxyl groups is 1. The second kappa shape index (κ2) is 5.72. The number of pyridine rings is 1. The Bertz CT molecular complexity index is 829. The van der Waals surface area contributed by atoms with Gasteiger partial charge in [-0.3, -0.25) is 0 Å². The number of hydrogen-bond donors (Lipinski definition) is 1. The number of aromatic nitrogens is 3. The van der Waals surface area contributed by atoms with E-state index in [1.54, 1.807) is 36.5 Å². The van der Waals surface area contributed by atoms with Crippen LogP contribution in [0, 0.1) is 0 Å². The molecule has 1 N–H and O–H groups in total. The monoisotopic (exact) mass is 299 g/mol. The number of methoxy groups -OCH3 is 1. The van der Waals surface area contributed by atoms with E-state index in [1.165, 1.54) is 17.7 Å². The maximum Gasteiger partial charge on any atom is 0.341 e. The average Bonchev–Trinajstić information content (AvgIpc) is 2.96. The lowest BCUT2D eigenvalue weighted by molar-refractivity contribution is 0.0602. The van der Waals surface area contributed by atoms with Crippen molar-refractivity contribution in [3.8, 4) is 11.5 Å². The van der Waals surface area contributed by atoms with Crippen LogP contribution in [0.3, 0.4) is 0 Å². The van der Waals surface area contributed by atoms with E-state index in [0.29, 0.717) is 22.8 Å². The number of rotatable bonds is 4. The lowest BCUT2D eigenvalue weighted by Gasteiger charge is -2.04. The van der Waals surface area contributed by atoms with Crippen molar-refractivity contribution in [3.05, 3.63) is 54.0 Å². The lowest BCUT2D eigenvalue weighted by Crippen LogP contribution is -2.04. The molecule has 0 bridgehead atoms. The van der Waals surface area contributed by atoms with Crippen LogP contribution in [0.4, 0.5) is 0 Å². The highest BCUT2D eigenvalue weighted by Crippen LogP contribution is 2.25. The van der Waals surface area contributed by atoms with Crippen molar-refractivity contribution >= 4 is 11.6 Å². The fraction of sp³-hybridized carbons (Fsp3) is 0.133. The molecule has 0 aliphatic rings. The number of benzene rings is 1. The van der Waals surface area contributed by atoms with Crippen LogP contribution in [0.1, 0.15) is 16.2 Å². The van der Waals surface area contributed by atoms with E-state index in [1.807, 2.05) is 0 Å². The Morgan fingerprint density at radius 3 is 2.86 bits per heavy atom. The molecule has 2 aromatic heterocycles. The van der Waals surface area contributed by atoms with Gasteiger partial charge in [-0.05, 0) is 24.3 Å². The zero-order valence-corrected chi connectivity index (χ0v) is 11.8. The van der Waals surface area contributed by atoms with Gasteiger partial charge in [0.2, 0.25) is 0 Å². The molecule has 7 heteroatoms. The quantitative estimate of drug-likeness (QED) is 0.739. The van der Waals surface area contributed by atoms with Crippen LogP contribution in [-0.4, -0.2) is 32.8 Å². The van der Waals surface area contributed by atoms with Crippen LogP contribution in [0.25, 0.3) is 5.65 Å². The number of ether oxygens (including phenoxy) is 2. The third kappa shape index (κ3) is 2.56. The van der Waals surface area contributed by atoms with Crippen molar-refractivity contribution in [3.63, 3.8) is 0 Å². The van der Waals surface area contributed by atoms with Gasteiger partial charge in [-0.15, -0.1) is 5.10 Å². The summed E-state index contributed by atoms with van der Waals surface area (Å²) < 4.78 is 11.7. The smallest absolute Gasteiger partial charge is 0.341 e. The maximum absolute atomic E-state index is 11.7. The first-order chi connectivity index (χ1) is 10.7. The molecule has 112 valence electrons. The topological polar surface area (TPSA) is 86.0 Å². The van der Waals surface area contributed by atoms with Gasteiger partial charge >= 0.3 is 5.97 Å². The van der Waals surface area contributed by atoms with Crippen LogP contribution in [0.15, 0.2) is 42.6 Å². The summed E-state index contributed by atoms with van der Waals surface area (Å²) in [5.41, 5.74) is 0.719. The van der Waals surface area contributed by atoms with Gasteiger partial charge < -0.3 is 14.6 Å². The lowest BCUT2D eigenvalue weighted by atomic mass is 10.3. The standard InChI is InChI=1S/C15H13N3O4/c1-21-15(20)10-5-4-8-18-14(10)16-13(17-18)9-22-12-7-3-2-6-11(12)19/h2-8,19H,9H2,1H3. The van der Waals surface area contributed by atoms with Gasteiger partial charge in [-0.25, -0.2) is 14.3 Å². The highest BCUT2D eigenvalue weighted by Gasteiger charge is 2.14. The second-order valence-corrected chi connectivity index (χ2v) is 4.47. The Balaban J connectivity index is 1.86. The third-order valence-electron chi connectivity index (χ3n) is 3.03. The van der Waals surface area contributed by atoms with Crippen LogP contribution >= 0.6 is 0 Å². The van der Waals surface area contributed by atoms with E-state index in [0.717, 1.165) is 0 Å². The minimum atomic E-state index is -0.480. The number of para-hydroxylation sites is 2. The van der Waals surface area contributed by atoms with E-state index in [4.69, 9.17) is 9.47 Å². The molecule has 0 aliphatic heterocycles. The number of carbonyl (C=O) groups is 1. The molecule has 3 rings (SSSR count). The Hall–Kier alpha value is -3.09. The van der Waals surface area contributed by atoms with Crippen molar-refractivity contribution in [2.45, 2.75) is 6.61 Å². The van der Waals surface area contributed by atoms with Crippen molar-refractivity contribution < 1.29 is 19.4 Å². The van der Waals surface area contributed by atoms with Crippen molar-refractivity contribution in [1.29, 1.82) is 0 Å². The summed E-state index contributed by atoms with van der Waals surface area (Å²) >= 11 is 0. The molecule has 3 aromatic rings. The first-order valence-electron chi connectivity index (χ1n) is 6.52. The molecular weight excluding hydrogens is 286 g/mol. The average molecular weight is 299 g/mol. The van der Waals surface area contributed by atoms with Gasteiger partial charge in [0.1, 0.15) is 12.2 Å². The molecule has 0 radical (unpaired) electrons. The summed E-state index contributed by atoms with van der Waals surface area (Å²) in [6.45, 7) is 0.0693. The molecule has 0 saturated carbocycles. The molecule has 0 saturated heterocycles. The number of phenols is 1. The third-order valence-corrected chi connectivity index (χ3v) is 3.03. The summed E-state index contributed by atoms with van der Waals surface area (Å²) in [7, 11) is 1.31. The van der Waals surface area contributed by atoms with Gasteiger partial charge in [0.15, 0.2) is 23.0 Å². The molecule has 22 heavy (non-hydrogen) atoms. The van der Waals surface area contributed by atoms with E-state index in [2.05, 4.69) is 10.1 Å². The fourth-order valence-electron chi connectivity index (χ4n) is 2.00. The summed E-state index contributed by atoms with van der Waals surface area (Å²) in [4.78, 5) is 16.0. The van der Waals surface area contributed by atoms with Crippen LogP contribution < -0.4 is 4.74 Å². The number of hydrogen-bond acceptors (Lipinski definition) is 6. The zero-order chi connectivity index (χ0) is 15.5. The van der Waals surface area contributed by atoms with E-state index < -0.39 is 5.97 Å². The SMILES string of the molecule is COC(=O)c1cccn2nc(COc3ccccc3O)nc12. The Labute approximate surface area is 125 Å². The van der Waals surface area contributed by atoms with Crippen LogP contribution in [0.5, 0.6) is 11.5 Å². The van der Waals surface area contributed by atoms with Crippen molar-refractivity contribution in [2.24, 2.45) is 0 Å². The predicted molar refractivity (Wildman–Crippen MR) is 76.8 cm³/mol. The van der Waals surface area contributed by atoms with Crippen LogP contribution in [0.2, 0.25) is 0 Å². The molecule has 0 amide bonds. The minimum absolute atomic E-state index is 0.0431. The Morgan fingerprint density at radius 1 is 1.27 bits per heavy atom. The molecule has 0 aliphatic carbocycles. The largest absolute Gasteiger partial charge is 0.504 e. The van der Waals surface area contributed by atoms with Gasteiger partial charge in [0, 0.05) is 6.20 Å². The normalized spacial score (nSPS) is 10.6. The second-order valence-electron chi connectivity index (χ2n) is 4.47. The molecule has 0 spiro atoms. The highest BCUT2D eigenvalue weighted by molar-refractivity contribution is 5.95. The number of fused-ring (bicyclic) bond motifs is 1. The summed E-state index contributed by atoms with van der Waals surface area (Å²) in [5.74, 6) is 0.293. The van der Waals surface area contributed by atoms with Gasteiger partial charge in [0.05, 0.1) is 7.11 Å². The predicted octanol–water partition coefficient (Wildman–Crippen LogP) is 1.80. The molecule has 2 heterocycles. The summed E-state index contributed by atoms with van der Waals surface area (Å²) in [5, 5.41) is 13.9. The van der Waals surface area contributed by atoms with Crippen molar-refractivity contribution in [1.82, 2.24) is 14.6 Å². The zero-order valence-electron chi connectivity index (χ0n) is 11.8. The highest BCUT2D eigenvalue weighted by atomic mass is 16.5. The molecule has 1 aromatic carbocycles. The van der Waals surface area contributed by atoms with E-state index >= 15 is 0 Å². The van der Waals surface area contributed by atoms with Gasteiger partial charge in [-0.2, -0.15) is 0 Å². The Kier molecular flexibility index (Phi) is 3.61. The van der Waals surface area contributed by atoms with Gasteiger partial charge in [-0.1, -0.05) is 12.1 Å². The number of esters is 1. The van der Waals surface area contributed by atoms with E-state index in [9.17, 15) is 9.90 Å².